The number of rotatable bonds is 0. The van der Waals surface area contributed by atoms with Crippen molar-refractivity contribution in [1.29, 1.82) is 5.41 Å². The Bertz CT molecular complexity index is 120. The van der Waals surface area contributed by atoms with Crippen molar-refractivity contribution < 1.29 is 4.79 Å². The van der Waals surface area contributed by atoms with Crippen LogP contribution in [0.1, 0.15) is 0 Å². The average molecular weight is 129 g/mol. The van der Waals surface area contributed by atoms with E-state index in [-0.39, 0.29) is 5.91 Å². The van der Waals surface area contributed by atoms with E-state index in [4.69, 9.17) is 5.41 Å². The molecule has 1 heterocycles. The summed E-state index contributed by atoms with van der Waals surface area (Å²) in [4.78, 5) is 10.3. The molecule has 8 heavy (non-hydrogen) atoms. The van der Waals surface area contributed by atoms with E-state index in [1.165, 1.54) is 18.4 Å². The molecule has 0 bridgehead atoms. The zero-order chi connectivity index (χ0) is 5.98. The third-order valence-corrected chi connectivity index (χ3v) is 1.51. The molecule has 0 spiro atoms. The third-order valence-electron chi connectivity index (χ3n) is 0.706. The highest BCUT2D eigenvalue weighted by molar-refractivity contribution is 7.98. The molecule has 1 amide bonds. The van der Waals surface area contributed by atoms with Crippen molar-refractivity contribution in [1.82, 2.24) is 4.72 Å². The molecule has 1 rings (SSSR count). The van der Waals surface area contributed by atoms with Crippen LogP contribution < -0.4 is 4.72 Å². The topological polar surface area (TPSA) is 53.0 Å². The molecule has 1 fully saturated rings. The van der Waals surface area contributed by atoms with Gasteiger partial charge in [-0.15, -0.1) is 0 Å². The van der Waals surface area contributed by atoms with Crippen molar-refractivity contribution in [2.75, 3.05) is 5.75 Å². The Morgan fingerprint density at radius 1 is 1.88 bits per heavy atom. The van der Waals surface area contributed by atoms with Crippen molar-refractivity contribution >= 4 is 23.6 Å². The van der Waals surface area contributed by atoms with E-state index in [0.717, 1.165) is 0 Å². The number of hydrogen-bond donors (Lipinski definition) is 2. The molecule has 0 aromatic carbocycles. The number of carbonyl (C=O) groups excluding carboxylic acids is 1. The second-order valence-corrected chi connectivity index (χ2v) is 2.21. The Labute approximate surface area is 51.5 Å². The summed E-state index contributed by atoms with van der Waals surface area (Å²) in [6.45, 7) is 0. The number of hydrogen-bond acceptors (Lipinski definition) is 3. The van der Waals surface area contributed by atoms with Gasteiger partial charge in [0, 0.05) is 5.71 Å². The molecule has 1 aliphatic rings. The van der Waals surface area contributed by atoms with Crippen LogP contribution in [0.3, 0.4) is 0 Å². The van der Waals surface area contributed by atoms with Gasteiger partial charge in [-0.1, -0.05) is 0 Å². The molecule has 43 valence electrons. The van der Waals surface area contributed by atoms with Gasteiger partial charge in [-0.3, -0.25) is 9.52 Å². The largest absolute Gasteiger partial charge is 0.308 e. The Hall–Kier alpha value is -0.510. The fourth-order valence-electron chi connectivity index (χ4n) is 0.414. The second-order valence-electron chi connectivity index (χ2n) is 1.42. The minimum atomic E-state index is -0.175. The summed E-state index contributed by atoms with van der Waals surface area (Å²) in [7, 11) is 0. The molecule has 0 saturated carbocycles. The predicted molar refractivity (Wildman–Crippen MR) is 32.6 cm³/mol. The molecule has 0 aliphatic carbocycles. The van der Waals surface area contributed by atoms with Gasteiger partial charge in [0.05, 0.1) is 12.2 Å². The molecule has 3 nitrogen and oxygen atoms in total. The SMILES string of the molecule is N=C1[CH]C(=O)NSC1. The van der Waals surface area contributed by atoms with Crippen LogP contribution in [0.2, 0.25) is 0 Å². The Kier molecular flexibility index (Phi) is 1.53. The molecule has 1 aliphatic heterocycles. The molecular weight excluding hydrogens is 124 g/mol. The van der Waals surface area contributed by atoms with Crippen LogP contribution in [0.15, 0.2) is 0 Å². The fraction of sp³-hybridized carbons (Fsp3) is 0.250. The lowest BCUT2D eigenvalue weighted by Gasteiger charge is -2.09. The number of amides is 1. The highest BCUT2D eigenvalue weighted by Crippen LogP contribution is 2.02. The van der Waals surface area contributed by atoms with E-state index >= 15 is 0 Å². The first-order valence-corrected chi connectivity index (χ1v) is 3.11. The summed E-state index contributed by atoms with van der Waals surface area (Å²) >= 11 is 1.26. The maximum atomic E-state index is 10.3. The Morgan fingerprint density at radius 3 is 3.00 bits per heavy atom. The summed E-state index contributed by atoms with van der Waals surface area (Å²) in [5.41, 5.74) is 0.388. The van der Waals surface area contributed by atoms with Gasteiger partial charge in [0.1, 0.15) is 0 Å². The molecule has 0 atom stereocenters. The van der Waals surface area contributed by atoms with E-state index < -0.39 is 0 Å². The smallest absolute Gasteiger partial charge is 0.239 e. The fourth-order valence-corrected chi connectivity index (χ4v) is 0.927. The zero-order valence-electron chi connectivity index (χ0n) is 4.10. The minimum Gasteiger partial charge on any atom is -0.308 e. The average Bonchev–Trinajstić information content (AvgIpc) is 1.64. The van der Waals surface area contributed by atoms with E-state index in [2.05, 4.69) is 4.72 Å². The molecule has 0 aromatic rings. The molecule has 1 radical (unpaired) electrons. The maximum Gasteiger partial charge on any atom is 0.239 e. The minimum absolute atomic E-state index is 0.175. The molecular formula is C4H5N2OS. The van der Waals surface area contributed by atoms with Crippen molar-refractivity contribution in [3.63, 3.8) is 0 Å². The number of carbonyl (C=O) groups is 1. The van der Waals surface area contributed by atoms with Gasteiger partial charge >= 0.3 is 0 Å². The second kappa shape index (κ2) is 2.17. The summed E-state index contributed by atoms with van der Waals surface area (Å²) in [6, 6.07) is 0. The number of nitrogens with one attached hydrogen (secondary N) is 2. The van der Waals surface area contributed by atoms with Crippen molar-refractivity contribution in [3.8, 4) is 0 Å². The van der Waals surface area contributed by atoms with Crippen molar-refractivity contribution in [3.05, 3.63) is 6.42 Å². The summed E-state index contributed by atoms with van der Waals surface area (Å²) in [5, 5.41) is 6.98. The lowest BCUT2D eigenvalue weighted by atomic mass is 10.3. The Balaban J connectivity index is 2.45. The molecule has 0 unspecified atom stereocenters. The third kappa shape index (κ3) is 1.23. The van der Waals surface area contributed by atoms with Crippen LogP contribution in [0, 0.1) is 11.8 Å². The molecule has 0 aromatic heterocycles. The van der Waals surface area contributed by atoms with E-state index in [9.17, 15) is 4.79 Å². The molecule has 4 heteroatoms. The standard InChI is InChI=1S/C4H5N2OS/c5-3-1-4(7)6-8-2-3/h1,5H,2H2,(H,6,7). The van der Waals surface area contributed by atoms with Gasteiger partial charge in [0.25, 0.3) is 0 Å². The van der Waals surface area contributed by atoms with Gasteiger partial charge in [-0.05, 0) is 11.9 Å². The first-order valence-electron chi connectivity index (χ1n) is 2.13. The summed E-state index contributed by atoms with van der Waals surface area (Å²) in [6.07, 6.45) is 1.29. The van der Waals surface area contributed by atoms with E-state index in [1.54, 1.807) is 0 Å². The van der Waals surface area contributed by atoms with Gasteiger partial charge in [0.2, 0.25) is 5.91 Å². The highest BCUT2D eigenvalue weighted by Gasteiger charge is 2.12. The zero-order valence-corrected chi connectivity index (χ0v) is 4.92. The monoisotopic (exact) mass is 129 g/mol. The van der Waals surface area contributed by atoms with Crippen LogP contribution in [0.25, 0.3) is 0 Å². The first-order chi connectivity index (χ1) is 3.79. The predicted octanol–water partition coefficient (Wildman–Crippen LogP) is -0.0115. The quantitative estimate of drug-likeness (QED) is 0.452. The summed E-state index contributed by atoms with van der Waals surface area (Å²) < 4.78 is 2.49. The Morgan fingerprint density at radius 2 is 2.62 bits per heavy atom. The van der Waals surface area contributed by atoms with Crippen LogP contribution in [-0.4, -0.2) is 17.4 Å². The lowest BCUT2D eigenvalue weighted by Crippen LogP contribution is -2.27. The van der Waals surface area contributed by atoms with Crippen LogP contribution in [0.5, 0.6) is 0 Å². The van der Waals surface area contributed by atoms with Gasteiger partial charge < -0.3 is 5.41 Å². The lowest BCUT2D eigenvalue weighted by molar-refractivity contribution is -0.115. The normalized spacial score (nSPS) is 20.5. The highest BCUT2D eigenvalue weighted by atomic mass is 32.2. The van der Waals surface area contributed by atoms with Crippen LogP contribution in [-0.2, 0) is 4.79 Å². The first kappa shape index (κ1) is 5.62. The maximum absolute atomic E-state index is 10.3. The van der Waals surface area contributed by atoms with Gasteiger partial charge in [-0.2, -0.15) is 0 Å². The summed E-state index contributed by atoms with van der Waals surface area (Å²) in [5.74, 6) is 0.414. The van der Waals surface area contributed by atoms with E-state index in [0.29, 0.717) is 11.5 Å². The van der Waals surface area contributed by atoms with Crippen LogP contribution >= 0.6 is 11.9 Å². The van der Waals surface area contributed by atoms with Crippen molar-refractivity contribution in [2.24, 2.45) is 0 Å². The van der Waals surface area contributed by atoms with Crippen LogP contribution in [0.4, 0.5) is 0 Å². The van der Waals surface area contributed by atoms with Crippen molar-refractivity contribution in [2.45, 2.75) is 0 Å². The van der Waals surface area contributed by atoms with Gasteiger partial charge in [0.15, 0.2) is 0 Å². The van der Waals surface area contributed by atoms with E-state index in [1.807, 2.05) is 0 Å². The molecule has 2 N–H and O–H groups in total. The van der Waals surface area contributed by atoms with Gasteiger partial charge in [-0.25, -0.2) is 0 Å². The molecule has 1 saturated heterocycles.